The van der Waals surface area contributed by atoms with Crippen molar-refractivity contribution in [3.05, 3.63) is 47.1 Å². The molecule has 0 saturated heterocycles. The Morgan fingerprint density at radius 3 is 2.40 bits per heavy atom. The summed E-state index contributed by atoms with van der Waals surface area (Å²) >= 11 is 0. The molecule has 2 aromatic rings. The molecule has 0 atom stereocenters. The largest absolute Gasteiger partial charge is 0.487 e. The molecule has 8 heteroatoms. The standard InChI is InChI=1S/C12H10F4N2O2/c13-10(14)12(15,16)7-20-9-3-1-8(2-4-9)18-6-5-17-11(18)19/h1-6,10H,7H2,(H,17,19). The minimum Gasteiger partial charge on any atom is -0.487 e. The van der Waals surface area contributed by atoms with Crippen LogP contribution in [0.2, 0.25) is 0 Å². The molecule has 1 N–H and O–H groups in total. The van der Waals surface area contributed by atoms with E-state index < -0.39 is 19.0 Å². The minimum atomic E-state index is -4.20. The fraction of sp³-hybridized carbons (Fsp3) is 0.250. The van der Waals surface area contributed by atoms with Crippen LogP contribution in [0.3, 0.4) is 0 Å². The second-order valence-electron chi connectivity index (χ2n) is 3.98. The number of H-pyrrole nitrogens is 1. The summed E-state index contributed by atoms with van der Waals surface area (Å²) in [4.78, 5) is 13.8. The number of hydrogen-bond donors (Lipinski definition) is 1. The van der Waals surface area contributed by atoms with Crippen LogP contribution < -0.4 is 10.4 Å². The predicted molar refractivity (Wildman–Crippen MR) is 62.8 cm³/mol. The molecule has 2 rings (SSSR count). The number of benzene rings is 1. The van der Waals surface area contributed by atoms with Crippen LogP contribution in [0.1, 0.15) is 0 Å². The SMILES string of the molecule is O=c1[nH]ccn1-c1ccc(OCC(F)(F)C(F)F)cc1. The van der Waals surface area contributed by atoms with E-state index in [0.717, 1.165) is 0 Å². The first-order valence-corrected chi connectivity index (χ1v) is 5.55. The molecule has 0 amide bonds. The van der Waals surface area contributed by atoms with Gasteiger partial charge >= 0.3 is 18.0 Å². The van der Waals surface area contributed by atoms with E-state index in [9.17, 15) is 22.4 Å². The highest BCUT2D eigenvalue weighted by atomic mass is 19.3. The molecule has 0 aliphatic rings. The lowest BCUT2D eigenvalue weighted by Gasteiger charge is -2.16. The highest BCUT2D eigenvalue weighted by Gasteiger charge is 2.41. The molecular formula is C12H10F4N2O2. The molecule has 0 radical (unpaired) electrons. The molecule has 0 saturated carbocycles. The Bertz CT molecular complexity index is 619. The van der Waals surface area contributed by atoms with Crippen LogP contribution in [0.4, 0.5) is 17.6 Å². The van der Waals surface area contributed by atoms with Crippen molar-refractivity contribution in [3.8, 4) is 11.4 Å². The van der Waals surface area contributed by atoms with Crippen molar-refractivity contribution in [2.24, 2.45) is 0 Å². The predicted octanol–water partition coefficient (Wildman–Crippen LogP) is 2.44. The van der Waals surface area contributed by atoms with Gasteiger partial charge < -0.3 is 9.72 Å². The lowest BCUT2D eigenvalue weighted by atomic mass is 10.3. The van der Waals surface area contributed by atoms with Gasteiger partial charge in [-0.2, -0.15) is 8.78 Å². The van der Waals surface area contributed by atoms with Crippen LogP contribution in [-0.2, 0) is 0 Å². The third-order valence-electron chi connectivity index (χ3n) is 2.51. The van der Waals surface area contributed by atoms with Gasteiger partial charge in [0, 0.05) is 12.4 Å². The van der Waals surface area contributed by atoms with Gasteiger partial charge in [0.1, 0.15) is 5.75 Å². The van der Waals surface area contributed by atoms with Crippen molar-refractivity contribution < 1.29 is 22.3 Å². The van der Waals surface area contributed by atoms with Crippen LogP contribution in [0.25, 0.3) is 5.69 Å². The Morgan fingerprint density at radius 1 is 1.25 bits per heavy atom. The van der Waals surface area contributed by atoms with Gasteiger partial charge in [-0.15, -0.1) is 0 Å². The van der Waals surface area contributed by atoms with Crippen molar-refractivity contribution in [1.29, 1.82) is 0 Å². The second kappa shape index (κ2) is 5.40. The lowest BCUT2D eigenvalue weighted by molar-refractivity contribution is -0.148. The molecule has 0 unspecified atom stereocenters. The Balaban J connectivity index is 2.06. The summed E-state index contributed by atoms with van der Waals surface area (Å²) in [6.45, 7) is -1.41. The molecule has 0 aliphatic carbocycles. The molecule has 1 heterocycles. The van der Waals surface area contributed by atoms with E-state index in [0.29, 0.717) is 5.69 Å². The van der Waals surface area contributed by atoms with E-state index in [4.69, 9.17) is 0 Å². The van der Waals surface area contributed by atoms with Crippen molar-refractivity contribution in [3.63, 3.8) is 0 Å². The van der Waals surface area contributed by atoms with Crippen molar-refractivity contribution in [1.82, 2.24) is 9.55 Å². The number of halogens is 4. The van der Waals surface area contributed by atoms with Gasteiger partial charge in [0.05, 0.1) is 5.69 Å². The molecule has 0 bridgehead atoms. The number of hydrogen-bond acceptors (Lipinski definition) is 2. The van der Waals surface area contributed by atoms with E-state index in [1.807, 2.05) is 0 Å². The highest BCUT2D eigenvalue weighted by Crippen LogP contribution is 2.24. The number of nitrogens with one attached hydrogen (secondary N) is 1. The maximum absolute atomic E-state index is 12.7. The van der Waals surface area contributed by atoms with Gasteiger partial charge in [0.25, 0.3) is 0 Å². The zero-order valence-electron chi connectivity index (χ0n) is 10.0. The summed E-state index contributed by atoms with van der Waals surface area (Å²) in [5, 5.41) is 0. The van der Waals surface area contributed by atoms with Gasteiger partial charge in [0.2, 0.25) is 0 Å². The maximum atomic E-state index is 12.7. The molecule has 4 nitrogen and oxygen atoms in total. The smallest absolute Gasteiger partial charge is 0.340 e. The lowest BCUT2D eigenvalue weighted by Crippen LogP contribution is -2.33. The van der Waals surface area contributed by atoms with Gasteiger partial charge in [0.15, 0.2) is 6.61 Å². The summed E-state index contributed by atoms with van der Waals surface area (Å²) in [6, 6.07) is 5.53. The molecule has 0 aliphatic heterocycles. The maximum Gasteiger partial charge on any atom is 0.340 e. The van der Waals surface area contributed by atoms with Crippen molar-refractivity contribution in [2.75, 3.05) is 6.61 Å². The number of nitrogens with zero attached hydrogens (tertiary/aromatic N) is 1. The molecular weight excluding hydrogens is 280 g/mol. The average Bonchev–Trinajstić information content (AvgIpc) is 2.83. The quantitative estimate of drug-likeness (QED) is 0.860. The number of imidazole rings is 1. The van der Waals surface area contributed by atoms with Crippen LogP contribution >= 0.6 is 0 Å². The normalized spacial score (nSPS) is 11.8. The first-order chi connectivity index (χ1) is 9.40. The van der Waals surface area contributed by atoms with E-state index >= 15 is 0 Å². The third-order valence-corrected chi connectivity index (χ3v) is 2.51. The number of aromatic nitrogens is 2. The molecule has 0 spiro atoms. The minimum absolute atomic E-state index is 0.0117. The average molecular weight is 290 g/mol. The number of alkyl halides is 4. The second-order valence-corrected chi connectivity index (χ2v) is 3.98. The van der Waals surface area contributed by atoms with Crippen LogP contribution in [0.5, 0.6) is 5.75 Å². The summed E-state index contributed by atoms with van der Waals surface area (Å²) in [6.07, 6.45) is -0.848. The third kappa shape index (κ3) is 3.01. The fourth-order valence-electron chi connectivity index (χ4n) is 1.47. The monoisotopic (exact) mass is 290 g/mol. The number of ether oxygens (including phenoxy) is 1. The van der Waals surface area contributed by atoms with Crippen molar-refractivity contribution >= 4 is 0 Å². The Kier molecular flexibility index (Phi) is 3.82. The van der Waals surface area contributed by atoms with E-state index in [2.05, 4.69) is 9.72 Å². The zero-order valence-corrected chi connectivity index (χ0v) is 10.0. The van der Waals surface area contributed by atoms with Crippen molar-refractivity contribution in [2.45, 2.75) is 12.3 Å². The molecule has 0 fully saturated rings. The van der Waals surface area contributed by atoms with Crippen LogP contribution in [-0.4, -0.2) is 28.5 Å². The van der Waals surface area contributed by atoms with Gasteiger partial charge in [-0.1, -0.05) is 0 Å². The number of rotatable bonds is 5. The molecule has 108 valence electrons. The summed E-state index contributed by atoms with van der Waals surface area (Å²) in [7, 11) is 0. The summed E-state index contributed by atoms with van der Waals surface area (Å²) < 4.78 is 55.1. The highest BCUT2D eigenvalue weighted by molar-refractivity contribution is 5.37. The Hall–Kier alpha value is -2.25. The topological polar surface area (TPSA) is 47.0 Å². The van der Waals surface area contributed by atoms with E-state index in [-0.39, 0.29) is 11.4 Å². The van der Waals surface area contributed by atoms with Gasteiger partial charge in [-0.3, -0.25) is 4.57 Å². The zero-order chi connectivity index (χ0) is 14.8. The molecule has 1 aromatic heterocycles. The number of aromatic amines is 1. The first kappa shape index (κ1) is 14.2. The molecule has 1 aromatic carbocycles. The van der Waals surface area contributed by atoms with E-state index in [1.54, 1.807) is 0 Å². The Morgan fingerprint density at radius 2 is 1.90 bits per heavy atom. The van der Waals surface area contributed by atoms with E-state index in [1.165, 1.54) is 41.2 Å². The summed E-state index contributed by atoms with van der Waals surface area (Å²) in [5.74, 6) is -4.19. The fourth-order valence-corrected chi connectivity index (χ4v) is 1.47. The molecule has 20 heavy (non-hydrogen) atoms. The van der Waals surface area contributed by atoms with Crippen LogP contribution in [0.15, 0.2) is 41.5 Å². The van der Waals surface area contributed by atoms with Crippen LogP contribution in [0, 0.1) is 0 Å². The Labute approximate surface area is 110 Å². The summed E-state index contributed by atoms with van der Waals surface area (Å²) in [5.41, 5.74) is 0.132. The van der Waals surface area contributed by atoms with Gasteiger partial charge in [-0.05, 0) is 24.3 Å². The first-order valence-electron chi connectivity index (χ1n) is 5.55. The van der Waals surface area contributed by atoms with Gasteiger partial charge in [-0.25, -0.2) is 13.6 Å².